The molecule has 0 saturated heterocycles. The molecule has 1 aromatic carbocycles. The van der Waals surface area contributed by atoms with Gasteiger partial charge in [-0.2, -0.15) is 0 Å². The van der Waals surface area contributed by atoms with Gasteiger partial charge in [0.25, 0.3) is 0 Å². The Morgan fingerprint density at radius 2 is 2.06 bits per heavy atom. The van der Waals surface area contributed by atoms with Gasteiger partial charge >= 0.3 is 0 Å². The lowest BCUT2D eigenvalue weighted by atomic mass is 10.1. The van der Waals surface area contributed by atoms with E-state index in [0.717, 1.165) is 17.8 Å². The van der Waals surface area contributed by atoms with Gasteiger partial charge in [0.15, 0.2) is 0 Å². The van der Waals surface area contributed by atoms with Crippen molar-refractivity contribution in [2.24, 2.45) is 0 Å². The summed E-state index contributed by atoms with van der Waals surface area (Å²) in [6.45, 7) is 3.65. The Bertz CT molecular complexity index is 467. The molecule has 0 aliphatic rings. The summed E-state index contributed by atoms with van der Waals surface area (Å²) in [6, 6.07) is 12.4. The van der Waals surface area contributed by atoms with Gasteiger partial charge in [0.05, 0.1) is 0 Å². The topological polar surface area (TPSA) is 32.3 Å². The standard InChI is InChI=1S/C15H19NOS/c1-12-5-2-3-6-13(12)8-9-16-11-14(17)15-7-4-10-18-15/h2-7,10,14,16-17H,8-9,11H2,1H3. The first-order chi connectivity index (χ1) is 8.77. The van der Waals surface area contributed by atoms with Crippen LogP contribution in [0.4, 0.5) is 0 Å². The summed E-state index contributed by atoms with van der Waals surface area (Å²) in [4.78, 5) is 1.03. The third kappa shape index (κ3) is 3.67. The van der Waals surface area contributed by atoms with Crippen LogP contribution >= 0.6 is 11.3 Å². The SMILES string of the molecule is Cc1ccccc1CCNCC(O)c1cccs1. The maximum Gasteiger partial charge on any atom is 0.101 e. The van der Waals surface area contributed by atoms with Gasteiger partial charge in [-0.15, -0.1) is 11.3 Å². The fourth-order valence-electron chi connectivity index (χ4n) is 1.93. The molecule has 0 fully saturated rings. The van der Waals surface area contributed by atoms with Crippen molar-refractivity contribution in [2.75, 3.05) is 13.1 Å². The zero-order valence-electron chi connectivity index (χ0n) is 10.6. The minimum Gasteiger partial charge on any atom is -0.386 e. The Labute approximate surface area is 112 Å². The summed E-state index contributed by atoms with van der Waals surface area (Å²) >= 11 is 1.60. The third-order valence-corrected chi connectivity index (χ3v) is 4.02. The predicted octanol–water partition coefficient (Wildman–Crippen LogP) is 2.92. The molecule has 0 amide bonds. The van der Waals surface area contributed by atoms with Crippen molar-refractivity contribution in [3.8, 4) is 0 Å². The highest BCUT2D eigenvalue weighted by molar-refractivity contribution is 7.10. The summed E-state index contributed by atoms with van der Waals surface area (Å²) in [6.07, 6.45) is 0.617. The van der Waals surface area contributed by atoms with E-state index in [1.165, 1.54) is 11.1 Å². The average molecular weight is 261 g/mol. The third-order valence-electron chi connectivity index (χ3n) is 3.04. The zero-order valence-corrected chi connectivity index (χ0v) is 11.4. The molecule has 0 saturated carbocycles. The molecule has 2 nitrogen and oxygen atoms in total. The minimum atomic E-state index is -0.387. The van der Waals surface area contributed by atoms with E-state index in [0.29, 0.717) is 6.54 Å². The van der Waals surface area contributed by atoms with Crippen LogP contribution in [-0.2, 0) is 6.42 Å². The number of aliphatic hydroxyl groups is 1. The van der Waals surface area contributed by atoms with Crippen molar-refractivity contribution in [1.82, 2.24) is 5.32 Å². The first-order valence-electron chi connectivity index (χ1n) is 6.24. The highest BCUT2D eigenvalue weighted by atomic mass is 32.1. The fraction of sp³-hybridized carbons (Fsp3) is 0.333. The monoisotopic (exact) mass is 261 g/mol. The number of benzene rings is 1. The maximum absolute atomic E-state index is 9.91. The van der Waals surface area contributed by atoms with E-state index >= 15 is 0 Å². The molecule has 2 rings (SSSR count). The molecule has 1 unspecified atom stereocenters. The van der Waals surface area contributed by atoms with E-state index in [-0.39, 0.29) is 6.10 Å². The van der Waals surface area contributed by atoms with Crippen molar-refractivity contribution < 1.29 is 5.11 Å². The molecule has 0 radical (unpaired) electrons. The Morgan fingerprint density at radius 3 is 2.78 bits per heavy atom. The zero-order chi connectivity index (χ0) is 12.8. The number of aryl methyl sites for hydroxylation is 1. The molecule has 96 valence electrons. The molecule has 2 N–H and O–H groups in total. The van der Waals surface area contributed by atoms with Gasteiger partial charge < -0.3 is 10.4 Å². The van der Waals surface area contributed by atoms with E-state index in [2.05, 4.69) is 36.5 Å². The van der Waals surface area contributed by atoms with Gasteiger partial charge in [0.2, 0.25) is 0 Å². The lowest BCUT2D eigenvalue weighted by Gasteiger charge is -2.11. The number of rotatable bonds is 6. The second-order valence-electron chi connectivity index (χ2n) is 4.41. The van der Waals surface area contributed by atoms with Gasteiger partial charge in [-0.3, -0.25) is 0 Å². The van der Waals surface area contributed by atoms with Gasteiger partial charge in [-0.05, 0) is 42.5 Å². The molecule has 1 atom stereocenters. The Balaban J connectivity index is 1.72. The first-order valence-corrected chi connectivity index (χ1v) is 7.12. The van der Waals surface area contributed by atoms with E-state index in [1.807, 2.05) is 17.5 Å². The molecule has 1 heterocycles. The molecule has 18 heavy (non-hydrogen) atoms. The Kier molecular flexibility index (Phi) is 4.93. The summed E-state index contributed by atoms with van der Waals surface area (Å²) in [5.74, 6) is 0. The second-order valence-corrected chi connectivity index (χ2v) is 5.39. The van der Waals surface area contributed by atoms with Crippen LogP contribution in [0, 0.1) is 6.92 Å². The molecule has 3 heteroatoms. The summed E-state index contributed by atoms with van der Waals surface area (Å²) < 4.78 is 0. The van der Waals surface area contributed by atoms with Crippen LogP contribution in [0.3, 0.4) is 0 Å². The molecule has 0 aliphatic heterocycles. The largest absolute Gasteiger partial charge is 0.386 e. The normalized spacial score (nSPS) is 12.6. The van der Waals surface area contributed by atoms with E-state index in [4.69, 9.17) is 0 Å². The van der Waals surface area contributed by atoms with E-state index in [1.54, 1.807) is 11.3 Å². The Hall–Kier alpha value is -1.16. The number of aliphatic hydroxyl groups excluding tert-OH is 1. The second kappa shape index (κ2) is 6.69. The Morgan fingerprint density at radius 1 is 1.22 bits per heavy atom. The highest BCUT2D eigenvalue weighted by Crippen LogP contribution is 2.17. The van der Waals surface area contributed by atoms with Crippen LogP contribution in [-0.4, -0.2) is 18.2 Å². The van der Waals surface area contributed by atoms with Crippen molar-refractivity contribution in [3.05, 3.63) is 57.8 Å². The summed E-state index contributed by atoms with van der Waals surface area (Å²) in [7, 11) is 0. The van der Waals surface area contributed by atoms with Crippen molar-refractivity contribution in [2.45, 2.75) is 19.4 Å². The van der Waals surface area contributed by atoms with Crippen LogP contribution in [0.2, 0.25) is 0 Å². The van der Waals surface area contributed by atoms with Crippen LogP contribution < -0.4 is 5.32 Å². The molecule has 0 aliphatic carbocycles. The molecular weight excluding hydrogens is 242 g/mol. The van der Waals surface area contributed by atoms with Gasteiger partial charge in [-0.25, -0.2) is 0 Å². The lowest BCUT2D eigenvalue weighted by molar-refractivity contribution is 0.179. The quantitative estimate of drug-likeness (QED) is 0.784. The van der Waals surface area contributed by atoms with Crippen LogP contribution in [0.5, 0.6) is 0 Å². The molecular formula is C15H19NOS. The lowest BCUT2D eigenvalue weighted by Crippen LogP contribution is -2.23. The molecule has 1 aromatic heterocycles. The van der Waals surface area contributed by atoms with E-state index < -0.39 is 0 Å². The maximum atomic E-state index is 9.91. The fourth-order valence-corrected chi connectivity index (χ4v) is 2.65. The smallest absolute Gasteiger partial charge is 0.101 e. The van der Waals surface area contributed by atoms with Crippen LogP contribution in [0.15, 0.2) is 41.8 Å². The number of nitrogens with one attached hydrogen (secondary N) is 1. The molecule has 0 spiro atoms. The summed E-state index contributed by atoms with van der Waals surface area (Å²) in [5.41, 5.74) is 2.70. The van der Waals surface area contributed by atoms with Gasteiger partial charge in [0.1, 0.15) is 6.10 Å². The first kappa shape index (κ1) is 13.3. The summed E-state index contributed by atoms with van der Waals surface area (Å²) in [5, 5.41) is 15.2. The van der Waals surface area contributed by atoms with Gasteiger partial charge in [-0.1, -0.05) is 30.3 Å². The molecule has 0 bridgehead atoms. The van der Waals surface area contributed by atoms with E-state index in [9.17, 15) is 5.11 Å². The number of thiophene rings is 1. The van der Waals surface area contributed by atoms with Crippen molar-refractivity contribution >= 4 is 11.3 Å². The minimum absolute atomic E-state index is 0.387. The predicted molar refractivity (Wildman–Crippen MR) is 77.0 cm³/mol. The number of hydrogen-bond donors (Lipinski definition) is 2. The van der Waals surface area contributed by atoms with Crippen LogP contribution in [0.25, 0.3) is 0 Å². The van der Waals surface area contributed by atoms with Gasteiger partial charge in [0, 0.05) is 11.4 Å². The van der Waals surface area contributed by atoms with Crippen LogP contribution in [0.1, 0.15) is 22.1 Å². The highest BCUT2D eigenvalue weighted by Gasteiger charge is 2.07. The average Bonchev–Trinajstić information content (AvgIpc) is 2.90. The molecule has 2 aromatic rings. The van der Waals surface area contributed by atoms with Crippen molar-refractivity contribution in [1.29, 1.82) is 0 Å². The van der Waals surface area contributed by atoms with Crippen molar-refractivity contribution in [3.63, 3.8) is 0 Å². The number of hydrogen-bond acceptors (Lipinski definition) is 3.